The Morgan fingerprint density at radius 1 is 0.455 bits per heavy atom. The van der Waals surface area contributed by atoms with Crippen molar-refractivity contribution in [1.82, 2.24) is 24.1 Å². The van der Waals surface area contributed by atoms with Gasteiger partial charge in [-0.15, -0.1) is 0 Å². The van der Waals surface area contributed by atoms with E-state index >= 15 is 0 Å². The molecule has 0 fully saturated rings. The Labute approximate surface area is 255 Å². The van der Waals surface area contributed by atoms with Crippen LogP contribution in [0.5, 0.6) is 0 Å². The van der Waals surface area contributed by atoms with E-state index in [1.165, 1.54) is 51.5 Å². The van der Waals surface area contributed by atoms with Gasteiger partial charge in [0.1, 0.15) is 0 Å². The van der Waals surface area contributed by atoms with Crippen molar-refractivity contribution in [3.8, 4) is 34.4 Å². The molecule has 0 amide bonds. The molecule has 0 bridgehead atoms. The second-order valence-electron chi connectivity index (χ2n) is 11.5. The topological polar surface area (TPSA) is 48.5 Å². The van der Waals surface area contributed by atoms with Crippen LogP contribution in [0.4, 0.5) is 0 Å². The molecule has 0 saturated heterocycles. The summed E-state index contributed by atoms with van der Waals surface area (Å²) in [5.74, 6) is 1.94. The molecule has 0 N–H and O–H groups in total. The molecule has 210 valence electrons. The maximum atomic E-state index is 5.19. The molecule has 0 atom stereocenters. The van der Waals surface area contributed by atoms with Crippen LogP contribution in [0.25, 0.3) is 67.1 Å². The third kappa shape index (κ3) is 3.82. The minimum Gasteiger partial charge on any atom is -0.311 e. The number of benzene rings is 5. The van der Waals surface area contributed by atoms with Crippen molar-refractivity contribution < 1.29 is 0 Å². The molecule has 0 spiro atoms. The Balaban J connectivity index is 1.45. The quantitative estimate of drug-likeness (QED) is 0.213. The van der Waals surface area contributed by atoms with Crippen LogP contribution in [0.3, 0.4) is 0 Å². The van der Waals surface area contributed by atoms with E-state index in [2.05, 4.69) is 100 Å². The van der Waals surface area contributed by atoms with E-state index in [1.54, 1.807) is 0 Å². The van der Waals surface area contributed by atoms with Crippen molar-refractivity contribution in [3.63, 3.8) is 0 Å². The van der Waals surface area contributed by atoms with Crippen molar-refractivity contribution in [3.05, 3.63) is 139 Å². The first-order valence-electron chi connectivity index (χ1n) is 15.4. The summed E-state index contributed by atoms with van der Waals surface area (Å²) in [5.41, 5.74) is 9.44. The first-order valence-corrected chi connectivity index (χ1v) is 15.4. The Bertz CT molecular complexity index is 2260. The monoisotopic (exact) mass is 567 g/mol. The van der Waals surface area contributed by atoms with Gasteiger partial charge in [0.05, 0.1) is 16.6 Å². The van der Waals surface area contributed by atoms with E-state index in [-0.39, 0.29) is 0 Å². The van der Waals surface area contributed by atoms with Gasteiger partial charge in [-0.2, -0.15) is 9.97 Å². The lowest BCUT2D eigenvalue weighted by Gasteiger charge is -2.16. The number of aryl methyl sites for hydroxylation is 1. The summed E-state index contributed by atoms with van der Waals surface area (Å²) < 4.78 is 4.79. The highest BCUT2D eigenvalue weighted by Crippen LogP contribution is 2.42. The molecule has 8 aromatic rings. The van der Waals surface area contributed by atoms with Gasteiger partial charge in [0, 0.05) is 38.7 Å². The molecule has 0 aliphatic heterocycles. The fourth-order valence-electron chi connectivity index (χ4n) is 7.04. The maximum Gasteiger partial charge on any atom is 0.238 e. The van der Waals surface area contributed by atoms with Crippen molar-refractivity contribution in [2.45, 2.75) is 25.7 Å². The minimum absolute atomic E-state index is 0.621. The number of rotatable bonds is 4. The van der Waals surface area contributed by atoms with Crippen LogP contribution in [0, 0.1) is 0 Å². The van der Waals surface area contributed by atoms with Crippen LogP contribution in [0.15, 0.2) is 127 Å². The Kier molecular flexibility index (Phi) is 5.69. The predicted octanol–water partition coefficient (Wildman–Crippen LogP) is 9.13. The standard InChI is InChI=1S/C39H29N5/c1-4-14-26(15-5-1)37-40-38(27-16-6-2-7-17-27)42-39(41-37)44-34-23-13-11-21-30(34)32-25-24-31-29-20-10-12-22-33(29)43(35(31)36(32)44)28-18-8-3-9-19-28/h1-9,11,13-19,21,23-25H,10,12,20,22H2. The fraction of sp³-hybridized carbons (Fsp3) is 0.103. The van der Waals surface area contributed by atoms with Gasteiger partial charge in [-0.25, -0.2) is 4.98 Å². The Morgan fingerprint density at radius 2 is 1.02 bits per heavy atom. The van der Waals surface area contributed by atoms with Crippen LogP contribution < -0.4 is 0 Å². The van der Waals surface area contributed by atoms with Gasteiger partial charge in [0.2, 0.25) is 5.95 Å². The maximum absolute atomic E-state index is 5.19. The summed E-state index contributed by atoms with van der Waals surface area (Å²) in [4.78, 5) is 15.4. The van der Waals surface area contributed by atoms with Crippen molar-refractivity contribution in [2.24, 2.45) is 0 Å². The molecule has 3 aromatic heterocycles. The van der Waals surface area contributed by atoms with Crippen molar-refractivity contribution >= 4 is 32.7 Å². The zero-order valence-electron chi connectivity index (χ0n) is 24.2. The van der Waals surface area contributed by atoms with E-state index in [1.807, 2.05) is 36.4 Å². The second kappa shape index (κ2) is 10.0. The highest BCUT2D eigenvalue weighted by molar-refractivity contribution is 6.18. The number of nitrogens with zero attached hydrogens (tertiary/aromatic N) is 5. The largest absolute Gasteiger partial charge is 0.311 e. The molecule has 0 radical (unpaired) electrons. The van der Waals surface area contributed by atoms with Crippen LogP contribution in [-0.2, 0) is 12.8 Å². The van der Waals surface area contributed by atoms with Crippen molar-refractivity contribution in [2.75, 3.05) is 0 Å². The lowest BCUT2D eigenvalue weighted by Crippen LogP contribution is -2.08. The summed E-state index contributed by atoms with van der Waals surface area (Å²) in [6, 6.07) is 44.5. The van der Waals surface area contributed by atoms with E-state index in [4.69, 9.17) is 15.0 Å². The van der Waals surface area contributed by atoms with E-state index in [0.29, 0.717) is 17.6 Å². The summed E-state index contributed by atoms with van der Waals surface area (Å²) in [6.07, 6.45) is 4.59. The summed E-state index contributed by atoms with van der Waals surface area (Å²) in [7, 11) is 0. The summed E-state index contributed by atoms with van der Waals surface area (Å²) in [6.45, 7) is 0. The molecule has 9 rings (SSSR count). The van der Waals surface area contributed by atoms with Gasteiger partial charge in [-0.1, -0.05) is 109 Å². The molecule has 1 aliphatic rings. The molecule has 5 aromatic carbocycles. The molecule has 3 heterocycles. The van der Waals surface area contributed by atoms with E-state index in [9.17, 15) is 0 Å². The number of aromatic nitrogens is 5. The van der Waals surface area contributed by atoms with Crippen LogP contribution in [-0.4, -0.2) is 24.1 Å². The highest BCUT2D eigenvalue weighted by atomic mass is 15.2. The third-order valence-corrected chi connectivity index (χ3v) is 8.97. The third-order valence-electron chi connectivity index (χ3n) is 8.97. The van der Waals surface area contributed by atoms with E-state index in [0.717, 1.165) is 35.0 Å². The average Bonchev–Trinajstić information content (AvgIpc) is 3.62. The zero-order chi connectivity index (χ0) is 29.0. The van der Waals surface area contributed by atoms with Gasteiger partial charge in [0.25, 0.3) is 0 Å². The average molecular weight is 568 g/mol. The minimum atomic E-state index is 0.621. The molecular formula is C39H29N5. The Hall–Kier alpha value is -5.55. The summed E-state index contributed by atoms with van der Waals surface area (Å²) >= 11 is 0. The highest BCUT2D eigenvalue weighted by Gasteiger charge is 2.26. The molecular weight excluding hydrogens is 538 g/mol. The molecule has 0 unspecified atom stereocenters. The second-order valence-corrected chi connectivity index (χ2v) is 11.5. The van der Waals surface area contributed by atoms with Gasteiger partial charge < -0.3 is 4.57 Å². The van der Waals surface area contributed by atoms with Crippen LogP contribution in [0.1, 0.15) is 24.1 Å². The predicted molar refractivity (Wildman–Crippen MR) is 179 cm³/mol. The normalized spacial score (nSPS) is 13.1. The first-order chi connectivity index (χ1) is 21.8. The van der Waals surface area contributed by atoms with Crippen LogP contribution >= 0.6 is 0 Å². The molecule has 44 heavy (non-hydrogen) atoms. The Morgan fingerprint density at radius 3 is 1.73 bits per heavy atom. The van der Waals surface area contributed by atoms with Crippen molar-refractivity contribution in [1.29, 1.82) is 0 Å². The lowest BCUT2D eigenvalue weighted by molar-refractivity contribution is 0.667. The molecule has 5 nitrogen and oxygen atoms in total. The number of hydrogen-bond acceptors (Lipinski definition) is 3. The lowest BCUT2D eigenvalue weighted by atomic mass is 9.95. The number of hydrogen-bond donors (Lipinski definition) is 0. The molecule has 0 saturated carbocycles. The molecule has 1 aliphatic carbocycles. The van der Waals surface area contributed by atoms with Gasteiger partial charge in [0.15, 0.2) is 11.6 Å². The smallest absolute Gasteiger partial charge is 0.238 e. The molecule has 5 heteroatoms. The summed E-state index contributed by atoms with van der Waals surface area (Å²) in [5, 5.41) is 3.70. The van der Waals surface area contributed by atoms with Gasteiger partial charge in [-0.05, 0) is 49.4 Å². The van der Waals surface area contributed by atoms with Crippen LogP contribution in [0.2, 0.25) is 0 Å². The van der Waals surface area contributed by atoms with E-state index < -0.39 is 0 Å². The fourth-order valence-corrected chi connectivity index (χ4v) is 7.04. The first kappa shape index (κ1) is 25.0. The SMILES string of the molecule is c1ccc(-c2nc(-c3ccccc3)nc(-n3c4ccccc4c4ccc5c6c(n(-c7ccccc7)c5c43)CCCC6)n2)cc1. The zero-order valence-corrected chi connectivity index (χ0v) is 24.2. The van der Waals surface area contributed by atoms with Gasteiger partial charge in [-0.3, -0.25) is 4.57 Å². The van der Waals surface area contributed by atoms with Gasteiger partial charge >= 0.3 is 0 Å². The number of para-hydroxylation sites is 2. The number of fused-ring (bicyclic) bond motifs is 7.